The summed E-state index contributed by atoms with van der Waals surface area (Å²) < 4.78 is 0. The van der Waals surface area contributed by atoms with Crippen LogP contribution >= 0.6 is 11.3 Å². The summed E-state index contributed by atoms with van der Waals surface area (Å²) in [6.07, 6.45) is 4.20. The molecule has 0 saturated carbocycles. The zero-order valence-corrected chi connectivity index (χ0v) is 13.6. The first-order chi connectivity index (χ1) is 10.7. The number of rotatable bonds is 5. The molecule has 22 heavy (non-hydrogen) atoms. The first-order valence-electron chi connectivity index (χ1n) is 7.73. The van der Waals surface area contributed by atoms with E-state index in [0.717, 1.165) is 41.8 Å². The van der Waals surface area contributed by atoms with Crippen LogP contribution in [0.2, 0.25) is 0 Å². The molecule has 0 radical (unpaired) electrons. The summed E-state index contributed by atoms with van der Waals surface area (Å²) in [4.78, 5) is 11.4. The van der Waals surface area contributed by atoms with E-state index in [4.69, 9.17) is 10.1 Å². The van der Waals surface area contributed by atoms with E-state index >= 15 is 0 Å². The van der Waals surface area contributed by atoms with Gasteiger partial charge >= 0.3 is 0 Å². The largest absolute Gasteiger partial charge is 0.395 e. The average molecular weight is 318 g/mol. The molecule has 0 amide bonds. The number of thiazole rings is 1. The second kappa shape index (κ2) is 7.17. The number of β-amino-alcohol motifs (C(OH)–C–C–N with tert-alkyl or cyclic N) is 1. The zero-order chi connectivity index (χ0) is 15.4. The van der Waals surface area contributed by atoms with Crippen LogP contribution < -0.4 is 5.32 Å². The number of anilines is 2. The lowest BCUT2D eigenvalue weighted by molar-refractivity contribution is 0.160. The highest BCUT2D eigenvalue weighted by atomic mass is 32.1. The molecule has 1 saturated heterocycles. The Morgan fingerprint density at radius 3 is 3.14 bits per heavy atom. The molecule has 3 heterocycles. The summed E-state index contributed by atoms with van der Waals surface area (Å²) in [5.74, 6) is 1.30. The number of aliphatic hydroxyl groups is 1. The number of pyridine rings is 1. The number of aliphatic hydroxyl groups excluding tert-OH is 1. The molecule has 6 heteroatoms. The SMILES string of the molecule is Cc1ccc(Nc2nc(C3CCCN(CCO)C3)cs2)nc1. The van der Waals surface area contributed by atoms with Gasteiger partial charge in [-0.1, -0.05) is 6.07 Å². The van der Waals surface area contributed by atoms with Crippen molar-refractivity contribution >= 4 is 22.3 Å². The summed E-state index contributed by atoms with van der Waals surface area (Å²) in [6.45, 7) is 5.10. The van der Waals surface area contributed by atoms with Crippen LogP contribution in [0.1, 0.15) is 30.0 Å². The molecular formula is C16H22N4OS. The van der Waals surface area contributed by atoms with E-state index in [-0.39, 0.29) is 6.61 Å². The maximum Gasteiger partial charge on any atom is 0.188 e. The van der Waals surface area contributed by atoms with E-state index in [0.29, 0.717) is 5.92 Å². The Bertz CT molecular complexity index is 596. The van der Waals surface area contributed by atoms with Crippen LogP contribution in [0.5, 0.6) is 0 Å². The molecule has 118 valence electrons. The van der Waals surface area contributed by atoms with E-state index in [9.17, 15) is 0 Å². The second-order valence-corrected chi connectivity index (χ2v) is 6.64. The summed E-state index contributed by atoms with van der Waals surface area (Å²) in [6, 6.07) is 4.01. The van der Waals surface area contributed by atoms with Crippen molar-refractivity contribution in [1.82, 2.24) is 14.9 Å². The van der Waals surface area contributed by atoms with E-state index in [1.807, 2.05) is 25.3 Å². The van der Waals surface area contributed by atoms with Crippen molar-refractivity contribution in [3.8, 4) is 0 Å². The Labute approximate surface area is 135 Å². The van der Waals surface area contributed by atoms with Crippen LogP contribution in [0.25, 0.3) is 0 Å². The number of likely N-dealkylation sites (tertiary alicyclic amines) is 1. The maximum atomic E-state index is 9.09. The zero-order valence-electron chi connectivity index (χ0n) is 12.8. The smallest absolute Gasteiger partial charge is 0.188 e. The van der Waals surface area contributed by atoms with Crippen molar-refractivity contribution in [3.05, 3.63) is 35.0 Å². The highest BCUT2D eigenvalue weighted by Crippen LogP contribution is 2.30. The Hall–Kier alpha value is -1.50. The number of aryl methyl sites for hydroxylation is 1. The minimum Gasteiger partial charge on any atom is -0.395 e. The predicted octanol–water partition coefficient (Wildman–Crippen LogP) is 2.76. The molecule has 3 rings (SSSR count). The third-order valence-electron chi connectivity index (χ3n) is 4.01. The third-order valence-corrected chi connectivity index (χ3v) is 4.78. The van der Waals surface area contributed by atoms with Gasteiger partial charge in [0.15, 0.2) is 5.13 Å². The molecule has 0 aliphatic carbocycles. The molecule has 1 fully saturated rings. The second-order valence-electron chi connectivity index (χ2n) is 5.79. The molecule has 5 nitrogen and oxygen atoms in total. The minimum atomic E-state index is 0.232. The lowest BCUT2D eigenvalue weighted by Gasteiger charge is -2.31. The molecule has 0 spiro atoms. The minimum absolute atomic E-state index is 0.232. The fourth-order valence-electron chi connectivity index (χ4n) is 2.82. The van der Waals surface area contributed by atoms with Crippen LogP contribution in [0.15, 0.2) is 23.7 Å². The standard InChI is InChI=1S/C16H22N4OS/c1-12-4-5-15(17-9-12)19-16-18-14(11-22-16)13-3-2-6-20(10-13)7-8-21/h4-5,9,11,13,21H,2-3,6-8,10H2,1H3,(H,17,18,19). The summed E-state index contributed by atoms with van der Waals surface area (Å²) in [5.41, 5.74) is 2.30. The van der Waals surface area contributed by atoms with Gasteiger partial charge in [0.1, 0.15) is 5.82 Å². The van der Waals surface area contributed by atoms with Crippen molar-refractivity contribution in [1.29, 1.82) is 0 Å². The van der Waals surface area contributed by atoms with Gasteiger partial charge in [-0.2, -0.15) is 0 Å². The highest BCUT2D eigenvalue weighted by Gasteiger charge is 2.23. The first kappa shape index (κ1) is 15.4. The quantitative estimate of drug-likeness (QED) is 0.887. The summed E-state index contributed by atoms with van der Waals surface area (Å²) in [7, 11) is 0. The molecule has 1 unspecified atom stereocenters. The average Bonchev–Trinajstić information content (AvgIpc) is 2.99. The highest BCUT2D eigenvalue weighted by molar-refractivity contribution is 7.13. The van der Waals surface area contributed by atoms with Crippen LogP contribution in [0, 0.1) is 6.92 Å². The molecule has 2 N–H and O–H groups in total. The molecular weight excluding hydrogens is 296 g/mol. The predicted molar refractivity (Wildman–Crippen MR) is 89.9 cm³/mol. The van der Waals surface area contributed by atoms with Crippen LogP contribution in [0.4, 0.5) is 10.9 Å². The summed E-state index contributed by atoms with van der Waals surface area (Å²) in [5, 5.41) is 15.4. The van der Waals surface area contributed by atoms with Crippen LogP contribution in [-0.4, -0.2) is 46.2 Å². The molecule has 1 aliphatic heterocycles. The molecule has 0 aromatic carbocycles. The Kier molecular flexibility index (Phi) is 5.02. The number of nitrogens with zero attached hydrogens (tertiary/aromatic N) is 3. The van der Waals surface area contributed by atoms with Crippen LogP contribution in [0.3, 0.4) is 0 Å². The topological polar surface area (TPSA) is 61.3 Å². The van der Waals surface area contributed by atoms with E-state index in [2.05, 4.69) is 20.6 Å². The lowest BCUT2D eigenvalue weighted by atomic mass is 9.95. The Balaban J connectivity index is 1.64. The van der Waals surface area contributed by atoms with E-state index in [1.54, 1.807) is 11.3 Å². The fourth-order valence-corrected chi connectivity index (χ4v) is 3.62. The number of hydrogen-bond acceptors (Lipinski definition) is 6. The van der Waals surface area contributed by atoms with Gasteiger partial charge in [-0.25, -0.2) is 9.97 Å². The van der Waals surface area contributed by atoms with Gasteiger partial charge in [-0.05, 0) is 37.9 Å². The third kappa shape index (κ3) is 3.82. The number of nitrogens with one attached hydrogen (secondary N) is 1. The van der Waals surface area contributed by atoms with Gasteiger partial charge in [0.25, 0.3) is 0 Å². The maximum absolute atomic E-state index is 9.09. The van der Waals surface area contributed by atoms with Gasteiger partial charge in [-0.3, -0.25) is 0 Å². The van der Waals surface area contributed by atoms with Crippen molar-refractivity contribution in [2.24, 2.45) is 0 Å². The first-order valence-corrected chi connectivity index (χ1v) is 8.61. The molecule has 1 aliphatic rings. The Morgan fingerprint density at radius 1 is 1.45 bits per heavy atom. The Morgan fingerprint density at radius 2 is 2.36 bits per heavy atom. The van der Waals surface area contributed by atoms with E-state index < -0.39 is 0 Å². The van der Waals surface area contributed by atoms with Crippen molar-refractivity contribution < 1.29 is 5.11 Å². The van der Waals surface area contributed by atoms with Gasteiger partial charge in [0.05, 0.1) is 12.3 Å². The summed E-state index contributed by atoms with van der Waals surface area (Å²) >= 11 is 1.63. The van der Waals surface area contributed by atoms with E-state index in [1.165, 1.54) is 12.8 Å². The normalized spacial score (nSPS) is 19.3. The molecule has 2 aromatic rings. The fraction of sp³-hybridized carbons (Fsp3) is 0.500. The van der Waals surface area contributed by atoms with Gasteiger partial charge in [0, 0.05) is 30.6 Å². The monoisotopic (exact) mass is 318 g/mol. The van der Waals surface area contributed by atoms with Crippen molar-refractivity contribution in [2.75, 3.05) is 31.6 Å². The van der Waals surface area contributed by atoms with Gasteiger partial charge in [0.2, 0.25) is 0 Å². The molecule has 1 atom stereocenters. The lowest BCUT2D eigenvalue weighted by Crippen LogP contribution is -2.36. The number of hydrogen-bond donors (Lipinski definition) is 2. The number of aromatic nitrogens is 2. The molecule has 0 bridgehead atoms. The van der Waals surface area contributed by atoms with Gasteiger partial charge < -0.3 is 15.3 Å². The van der Waals surface area contributed by atoms with Crippen molar-refractivity contribution in [3.63, 3.8) is 0 Å². The van der Waals surface area contributed by atoms with Crippen LogP contribution in [-0.2, 0) is 0 Å². The molecule has 2 aromatic heterocycles. The van der Waals surface area contributed by atoms with Gasteiger partial charge in [-0.15, -0.1) is 11.3 Å². The number of piperidine rings is 1. The van der Waals surface area contributed by atoms with Crippen molar-refractivity contribution in [2.45, 2.75) is 25.7 Å².